The summed E-state index contributed by atoms with van der Waals surface area (Å²) in [5.41, 5.74) is 2.25. The molecule has 1 aliphatic heterocycles. The number of pyridine rings is 1. The van der Waals surface area contributed by atoms with Gasteiger partial charge in [0.15, 0.2) is 17.3 Å². The number of hydrogen-bond acceptors (Lipinski definition) is 9. The second kappa shape index (κ2) is 11.0. The van der Waals surface area contributed by atoms with Crippen LogP contribution >= 0.6 is 0 Å². The topological polar surface area (TPSA) is 117 Å². The number of hydrogen-bond donors (Lipinski definition) is 1. The predicted molar refractivity (Wildman–Crippen MR) is 136 cm³/mol. The molecule has 0 spiro atoms. The number of aromatic nitrogens is 5. The molecule has 1 aliphatic rings. The van der Waals surface area contributed by atoms with Crippen LogP contribution in [0.1, 0.15) is 36.3 Å². The summed E-state index contributed by atoms with van der Waals surface area (Å²) in [4.78, 5) is 18.4. The van der Waals surface area contributed by atoms with Crippen LogP contribution in [0.25, 0.3) is 10.9 Å². The number of nitrogens with zero attached hydrogens (tertiary/aromatic N) is 5. The highest BCUT2D eigenvalue weighted by atomic mass is 16.7. The molecule has 2 aromatic heterocycles. The molecule has 1 N–H and O–H groups in total. The van der Waals surface area contributed by atoms with Gasteiger partial charge in [-0.25, -0.2) is 4.68 Å². The molecule has 5 rings (SSSR count). The maximum absolute atomic E-state index is 13.2. The highest BCUT2D eigenvalue weighted by molar-refractivity contribution is 5.80. The van der Waals surface area contributed by atoms with Crippen LogP contribution in [-0.4, -0.2) is 57.7 Å². The Bertz CT molecular complexity index is 1430. The van der Waals surface area contributed by atoms with Crippen LogP contribution in [0.3, 0.4) is 0 Å². The number of ether oxygens (including phenoxy) is 4. The normalized spacial score (nSPS) is 13.4. The van der Waals surface area contributed by atoms with Crippen LogP contribution in [0.5, 0.6) is 17.2 Å². The quantitative estimate of drug-likeness (QED) is 0.328. The van der Waals surface area contributed by atoms with Crippen molar-refractivity contribution in [3.05, 3.63) is 69.8 Å². The summed E-state index contributed by atoms with van der Waals surface area (Å²) in [5, 5.41) is 13.4. The Balaban J connectivity index is 1.51. The number of tetrazole rings is 1. The predicted octanol–water partition coefficient (Wildman–Crippen LogP) is 3.05. The van der Waals surface area contributed by atoms with Gasteiger partial charge in [-0.2, -0.15) is 0 Å². The fourth-order valence-electron chi connectivity index (χ4n) is 4.63. The number of fused-ring (bicyclic) bond motifs is 2. The molecule has 1 atom stereocenters. The van der Waals surface area contributed by atoms with Gasteiger partial charge in [0.25, 0.3) is 5.56 Å². The first-order chi connectivity index (χ1) is 18.1. The van der Waals surface area contributed by atoms with Crippen molar-refractivity contribution >= 4 is 10.9 Å². The molecule has 3 heterocycles. The van der Waals surface area contributed by atoms with E-state index >= 15 is 0 Å². The molecule has 11 heteroatoms. The average Bonchev–Trinajstić information content (AvgIpc) is 3.57. The van der Waals surface area contributed by atoms with Gasteiger partial charge in [0.05, 0.1) is 31.8 Å². The fraction of sp³-hybridized carbons (Fsp3) is 0.385. The van der Waals surface area contributed by atoms with Crippen molar-refractivity contribution in [2.24, 2.45) is 0 Å². The number of aromatic amines is 1. The fourth-order valence-corrected chi connectivity index (χ4v) is 4.63. The second-order valence-corrected chi connectivity index (χ2v) is 8.85. The third kappa shape index (κ3) is 5.27. The lowest BCUT2D eigenvalue weighted by Gasteiger charge is -2.30. The van der Waals surface area contributed by atoms with E-state index in [0.717, 1.165) is 34.5 Å². The third-order valence-corrected chi connectivity index (χ3v) is 6.52. The van der Waals surface area contributed by atoms with Crippen molar-refractivity contribution in [3.8, 4) is 17.2 Å². The van der Waals surface area contributed by atoms with E-state index in [0.29, 0.717) is 43.3 Å². The molecular weight excluding hydrogens is 476 g/mol. The second-order valence-electron chi connectivity index (χ2n) is 8.85. The van der Waals surface area contributed by atoms with Gasteiger partial charge in [0.1, 0.15) is 5.75 Å². The van der Waals surface area contributed by atoms with Crippen molar-refractivity contribution in [2.45, 2.75) is 39.0 Å². The van der Waals surface area contributed by atoms with Crippen LogP contribution < -0.4 is 19.8 Å². The number of H-pyrrole nitrogens is 1. The Morgan fingerprint density at radius 2 is 1.97 bits per heavy atom. The summed E-state index contributed by atoms with van der Waals surface area (Å²) >= 11 is 0. The van der Waals surface area contributed by atoms with E-state index < -0.39 is 0 Å². The molecule has 37 heavy (non-hydrogen) atoms. The summed E-state index contributed by atoms with van der Waals surface area (Å²) in [6.07, 6.45) is 0.737. The zero-order valence-electron chi connectivity index (χ0n) is 21.1. The van der Waals surface area contributed by atoms with Crippen molar-refractivity contribution < 1.29 is 18.9 Å². The largest absolute Gasteiger partial charge is 0.497 e. The van der Waals surface area contributed by atoms with E-state index in [1.54, 1.807) is 18.9 Å². The van der Waals surface area contributed by atoms with Crippen molar-refractivity contribution in [2.75, 3.05) is 27.6 Å². The Morgan fingerprint density at radius 1 is 1.11 bits per heavy atom. The molecular formula is C26H30N6O5. The molecule has 0 unspecified atom stereocenters. The Hall–Kier alpha value is -3.96. The highest BCUT2D eigenvalue weighted by Crippen LogP contribution is 2.34. The van der Waals surface area contributed by atoms with E-state index in [2.05, 4.69) is 32.3 Å². The van der Waals surface area contributed by atoms with Gasteiger partial charge in [-0.15, -0.1) is 5.10 Å². The third-order valence-electron chi connectivity index (χ3n) is 6.52. The Labute approximate surface area is 213 Å². The van der Waals surface area contributed by atoms with Crippen LogP contribution in [0.4, 0.5) is 0 Å². The SMILES string of the molecule is CC[C@H](c1nnnn1CCOC)N(Cc1ccc2c(c1)OCO2)Cc1cc2ccc(OC)cc2[nH]c1=O. The van der Waals surface area contributed by atoms with Gasteiger partial charge in [0.2, 0.25) is 6.79 Å². The first-order valence-electron chi connectivity index (χ1n) is 12.2. The minimum Gasteiger partial charge on any atom is -0.497 e. The zero-order chi connectivity index (χ0) is 25.8. The molecule has 0 fully saturated rings. The molecule has 0 saturated carbocycles. The Kier molecular flexibility index (Phi) is 7.33. The summed E-state index contributed by atoms with van der Waals surface area (Å²) in [5.74, 6) is 2.86. The molecule has 0 saturated heterocycles. The van der Waals surface area contributed by atoms with E-state index in [4.69, 9.17) is 18.9 Å². The van der Waals surface area contributed by atoms with Gasteiger partial charge in [-0.3, -0.25) is 9.69 Å². The monoisotopic (exact) mass is 506 g/mol. The first kappa shape index (κ1) is 24.7. The number of rotatable bonds is 11. The lowest BCUT2D eigenvalue weighted by molar-refractivity contribution is 0.150. The van der Waals surface area contributed by atoms with Gasteiger partial charge in [-0.1, -0.05) is 13.0 Å². The molecule has 0 radical (unpaired) electrons. The standard InChI is InChI=1S/C26H30N6O5/c1-4-22(25-28-29-30-32(25)9-10-34-2)31(14-17-5-8-23-24(11-17)37-16-36-23)15-19-12-18-6-7-20(35-3)13-21(18)27-26(19)33/h5-8,11-13,22H,4,9-10,14-16H2,1-3H3,(H,27,33)/t22-/m1/s1. The lowest BCUT2D eigenvalue weighted by Crippen LogP contribution is -2.32. The molecule has 0 aliphatic carbocycles. The van der Waals surface area contributed by atoms with Crippen molar-refractivity contribution in [1.29, 1.82) is 0 Å². The summed E-state index contributed by atoms with van der Waals surface area (Å²) < 4.78 is 23.4. The molecule has 11 nitrogen and oxygen atoms in total. The van der Waals surface area contributed by atoms with Crippen LogP contribution in [0.2, 0.25) is 0 Å². The van der Waals surface area contributed by atoms with Crippen molar-refractivity contribution in [1.82, 2.24) is 30.1 Å². The molecule has 194 valence electrons. The summed E-state index contributed by atoms with van der Waals surface area (Å²) in [6.45, 7) is 4.26. The zero-order valence-corrected chi connectivity index (χ0v) is 21.1. The van der Waals surface area contributed by atoms with Gasteiger partial charge >= 0.3 is 0 Å². The smallest absolute Gasteiger partial charge is 0.252 e. The molecule has 4 aromatic rings. The highest BCUT2D eigenvalue weighted by Gasteiger charge is 2.27. The minimum atomic E-state index is -0.150. The van der Waals surface area contributed by atoms with Crippen LogP contribution in [-0.2, 0) is 24.4 Å². The van der Waals surface area contributed by atoms with Crippen LogP contribution in [0.15, 0.2) is 47.3 Å². The van der Waals surface area contributed by atoms with Gasteiger partial charge in [0, 0.05) is 31.8 Å². The maximum Gasteiger partial charge on any atom is 0.252 e. The Morgan fingerprint density at radius 3 is 2.78 bits per heavy atom. The summed E-state index contributed by atoms with van der Waals surface area (Å²) in [6, 6.07) is 13.3. The van der Waals surface area contributed by atoms with Crippen LogP contribution in [0, 0.1) is 0 Å². The molecule has 0 bridgehead atoms. The van der Waals surface area contributed by atoms with E-state index in [1.807, 2.05) is 42.5 Å². The van der Waals surface area contributed by atoms with Gasteiger partial charge < -0.3 is 23.9 Å². The molecule has 2 aromatic carbocycles. The summed E-state index contributed by atoms with van der Waals surface area (Å²) in [7, 11) is 3.25. The maximum atomic E-state index is 13.2. The molecule has 0 amide bonds. The number of nitrogens with one attached hydrogen (secondary N) is 1. The van der Waals surface area contributed by atoms with E-state index in [1.165, 1.54) is 0 Å². The lowest BCUT2D eigenvalue weighted by atomic mass is 10.1. The number of benzene rings is 2. The minimum absolute atomic E-state index is 0.148. The van der Waals surface area contributed by atoms with E-state index in [9.17, 15) is 4.79 Å². The first-order valence-corrected chi connectivity index (χ1v) is 12.2. The average molecular weight is 507 g/mol. The van der Waals surface area contributed by atoms with Crippen molar-refractivity contribution in [3.63, 3.8) is 0 Å². The number of methoxy groups -OCH3 is 2. The van der Waals surface area contributed by atoms with Gasteiger partial charge in [-0.05, 0) is 58.1 Å². The van der Waals surface area contributed by atoms with E-state index in [-0.39, 0.29) is 18.4 Å².